The van der Waals surface area contributed by atoms with Gasteiger partial charge in [-0.05, 0) is 17.7 Å². The van der Waals surface area contributed by atoms with Crippen LogP contribution in [-0.4, -0.2) is 14.1 Å². The minimum atomic E-state index is 0.326. The second kappa shape index (κ2) is 4.82. The highest BCUT2D eigenvalue weighted by molar-refractivity contribution is 5.83. The molecule has 4 rings (SSSR count). The molecule has 1 nitrogen and oxygen atoms in total. The summed E-state index contributed by atoms with van der Waals surface area (Å²) in [6.07, 6.45) is 0. The van der Waals surface area contributed by atoms with E-state index in [1.165, 1.54) is 27.9 Å². The minimum absolute atomic E-state index is 0.326. The lowest BCUT2D eigenvalue weighted by Gasteiger charge is -2.43. The molecule has 0 N–H and O–H groups in total. The lowest BCUT2D eigenvalue weighted by molar-refractivity contribution is 0.332. The van der Waals surface area contributed by atoms with E-state index in [1.54, 1.807) is 0 Å². The molecule has 1 unspecified atom stereocenters. The number of para-hydroxylation sites is 1. The van der Waals surface area contributed by atoms with Gasteiger partial charge in [0.2, 0.25) is 0 Å². The summed E-state index contributed by atoms with van der Waals surface area (Å²) in [5.74, 6) is 0. The topological polar surface area (TPSA) is 0 Å². The second-order valence-corrected chi connectivity index (χ2v) is 6.46. The first-order chi connectivity index (χ1) is 10.7. The van der Waals surface area contributed by atoms with Crippen LogP contribution in [0.3, 0.4) is 0 Å². The zero-order valence-electron chi connectivity index (χ0n) is 13.0. The Balaban J connectivity index is 2.05. The predicted molar refractivity (Wildman–Crippen MR) is 93.8 cm³/mol. The van der Waals surface area contributed by atoms with Gasteiger partial charge in [-0.3, -0.25) is 4.48 Å². The molecule has 1 atom stereocenters. The Bertz CT molecular complexity index is 818. The summed E-state index contributed by atoms with van der Waals surface area (Å²) in [5, 5.41) is 0. The van der Waals surface area contributed by atoms with Crippen LogP contribution in [0.2, 0.25) is 0 Å². The number of nitrogens with zero attached hydrogens (tertiary/aromatic N) is 1. The monoisotopic (exact) mass is 286 g/mol. The van der Waals surface area contributed by atoms with Gasteiger partial charge in [0.1, 0.15) is 11.7 Å². The van der Waals surface area contributed by atoms with Crippen molar-refractivity contribution in [2.75, 3.05) is 14.1 Å². The predicted octanol–water partition coefficient (Wildman–Crippen LogP) is 5.02. The fraction of sp³-hybridized carbons (Fsp3) is 0.143. The summed E-state index contributed by atoms with van der Waals surface area (Å²) in [4.78, 5) is 0. The van der Waals surface area contributed by atoms with Crippen LogP contribution in [-0.2, 0) is 0 Å². The van der Waals surface area contributed by atoms with Gasteiger partial charge in [-0.25, -0.2) is 0 Å². The normalized spacial score (nSPS) is 18.4. The zero-order valence-corrected chi connectivity index (χ0v) is 13.0. The van der Waals surface area contributed by atoms with Crippen LogP contribution in [0.25, 0.3) is 11.1 Å². The molecule has 22 heavy (non-hydrogen) atoms. The van der Waals surface area contributed by atoms with E-state index in [9.17, 15) is 0 Å². The van der Waals surface area contributed by atoms with Gasteiger partial charge in [-0.15, -0.1) is 0 Å². The average Bonchev–Trinajstić information content (AvgIpc) is 2.56. The molecule has 1 heteroatoms. The highest BCUT2D eigenvalue weighted by Crippen LogP contribution is 2.49. The first-order valence-corrected chi connectivity index (χ1v) is 7.77. The van der Waals surface area contributed by atoms with E-state index >= 15 is 0 Å². The molecule has 0 aliphatic carbocycles. The molecule has 0 spiro atoms. The molecule has 0 fully saturated rings. The molecular formula is C21H20N+. The fourth-order valence-corrected chi connectivity index (χ4v) is 3.86. The number of quaternary nitrogens is 1. The molecule has 0 amide bonds. The van der Waals surface area contributed by atoms with Crippen molar-refractivity contribution < 1.29 is 0 Å². The largest absolute Gasteiger partial charge is 0.285 e. The van der Waals surface area contributed by atoms with Crippen molar-refractivity contribution in [3.8, 4) is 11.1 Å². The Hall–Kier alpha value is -2.38. The maximum Gasteiger partial charge on any atom is 0.145 e. The number of fused-ring (bicyclic) bond motifs is 3. The molecule has 0 aromatic heterocycles. The van der Waals surface area contributed by atoms with Crippen molar-refractivity contribution in [3.63, 3.8) is 0 Å². The van der Waals surface area contributed by atoms with Crippen molar-refractivity contribution in [3.05, 3.63) is 90.0 Å². The van der Waals surface area contributed by atoms with E-state index in [-0.39, 0.29) is 0 Å². The Morgan fingerprint density at radius 1 is 0.636 bits per heavy atom. The van der Waals surface area contributed by atoms with Gasteiger partial charge in [-0.2, -0.15) is 0 Å². The van der Waals surface area contributed by atoms with Gasteiger partial charge in [0.15, 0.2) is 0 Å². The maximum atomic E-state index is 2.31. The van der Waals surface area contributed by atoms with Gasteiger partial charge in [0.25, 0.3) is 0 Å². The number of rotatable bonds is 1. The van der Waals surface area contributed by atoms with E-state index in [1.807, 2.05) is 0 Å². The molecule has 0 saturated carbocycles. The summed E-state index contributed by atoms with van der Waals surface area (Å²) in [5.41, 5.74) is 6.89. The van der Waals surface area contributed by atoms with E-state index in [0.29, 0.717) is 6.04 Å². The molecule has 3 aromatic rings. The van der Waals surface area contributed by atoms with Crippen LogP contribution >= 0.6 is 0 Å². The van der Waals surface area contributed by atoms with E-state index in [2.05, 4.69) is 93.0 Å². The summed E-state index contributed by atoms with van der Waals surface area (Å²) >= 11 is 0. The third kappa shape index (κ3) is 1.83. The average molecular weight is 286 g/mol. The third-order valence-corrected chi connectivity index (χ3v) is 4.83. The molecular weight excluding hydrogens is 266 g/mol. The van der Waals surface area contributed by atoms with Crippen LogP contribution in [0.15, 0.2) is 78.9 Å². The van der Waals surface area contributed by atoms with Crippen molar-refractivity contribution in [1.82, 2.24) is 4.48 Å². The van der Waals surface area contributed by atoms with Gasteiger partial charge >= 0.3 is 0 Å². The molecule has 1 aliphatic rings. The number of benzene rings is 3. The highest BCUT2D eigenvalue weighted by Gasteiger charge is 2.40. The summed E-state index contributed by atoms with van der Waals surface area (Å²) < 4.78 is 0.844. The Kier molecular flexibility index (Phi) is 2.91. The third-order valence-electron chi connectivity index (χ3n) is 4.83. The second-order valence-electron chi connectivity index (χ2n) is 6.46. The quantitative estimate of drug-likeness (QED) is 0.551. The number of hydrogen-bond acceptors (Lipinski definition) is 0. The lowest BCUT2D eigenvalue weighted by atomic mass is 9.83. The van der Waals surface area contributed by atoms with Crippen LogP contribution in [0.1, 0.15) is 17.2 Å². The fourth-order valence-electron chi connectivity index (χ4n) is 3.86. The SMILES string of the molecule is C[N+]1(C)c2ccccc2-c2ccccc2C1c1ccccc1. The van der Waals surface area contributed by atoms with Gasteiger partial charge in [-0.1, -0.05) is 66.7 Å². The molecule has 0 radical (unpaired) electrons. The van der Waals surface area contributed by atoms with Gasteiger partial charge in [0, 0.05) is 16.7 Å². The molecule has 108 valence electrons. The Morgan fingerprint density at radius 2 is 1.23 bits per heavy atom. The maximum absolute atomic E-state index is 2.31. The van der Waals surface area contributed by atoms with Crippen molar-refractivity contribution in [2.45, 2.75) is 6.04 Å². The van der Waals surface area contributed by atoms with E-state index in [0.717, 1.165) is 4.48 Å². The molecule has 1 heterocycles. The highest BCUT2D eigenvalue weighted by atomic mass is 15.3. The standard InChI is InChI=1S/C21H20N/c1-22(2)20-15-9-8-13-18(20)17-12-6-7-14-19(17)21(22)16-10-4-3-5-11-16/h3-15,21H,1-2H3/q+1. The Labute approximate surface area is 132 Å². The van der Waals surface area contributed by atoms with Crippen LogP contribution < -0.4 is 4.48 Å². The van der Waals surface area contributed by atoms with Crippen molar-refractivity contribution >= 4 is 5.69 Å². The molecule has 0 saturated heterocycles. The van der Waals surface area contributed by atoms with Crippen molar-refractivity contribution in [1.29, 1.82) is 0 Å². The first kappa shape index (κ1) is 13.3. The molecule has 1 aliphatic heterocycles. The molecule has 0 bridgehead atoms. The minimum Gasteiger partial charge on any atom is -0.285 e. The zero-order chi connectivity index (χ0) is 15.2. The smallest absolute Gasteiger partial charge is 0.145 e. The van der Waals surface area contributed by atoms with Crippen LogP contribution in [0.4, 0.5) is 5.69 Å². The van der Waals surface area contributed by atoms with Crippen LogP contribution in [0, 0.1) is 0 Å². The summed E-state index contributed by atoms with van der Waals surface area (Å²) in [7, 11) is 4.62. The van der Waals surface area contributed by atoms with E-state index < -0.39 is 0 Å². The van der Waals surface area contributed by atoms with Crippen molar-refractivity contribution in [2.24, 2.45) is 0 Å². The lowest BCUT2D eigenvalue weighted by Crippen LogP contribution is -2.47. The van der Waals surface area contributed by atoms with Gasteiger partial charge < -0.3 is 0 Å². The number of hydrogen-bond donors (Lipinski definition) is 0. The summed E-state index contributed by atoms with van der Waals surface area (Å²) in [6, 6.07) is 28.8. The molecule has 3 aromatic carbocycles. The Morgan fingerprint density at radius 3 is 2.00 bits per heavy atom. The van der Waals surface area contributed by atoms with Crippen LogP contribution in [0.5, 0.6) is 0 Å². The summed E-state index contributed by atoms with van der Waals surface area (Å²) in [6.45, 7) is 0. The van der Waals surface area contributed by atoms with E-state index in [4.69, 9.17) is 0 Å². The van der Waals surface area contributed by atoms with Gasteiger partial charge in [0.05, 0.1) is 14.1 Å². The first-order valence-electron chi connectivity index (χ1n) is 7.77.